The smallest absolute Gasteiger partial charge is 0.387 e. The number of alkyl halides is 2. The summed E-state index contributed by atoms with van der Waals surface area (Å²) >= 11 is 0. The van der Waals surface area contributed by atoms with Crippen molar-refractivity contribution >= 4 is 15.7 Å². The number of sulfonamides is 1. The minimum Gasteiger partial charge on any atom is -0.433 e. The number of H-pyrrole nitrogens is 1. The van der Waals surface area contributed by atoms with Crippen LogP contribution in [0, 0.1) is 0 Å². The Labute approximate surface area is 107 Å². The molecule has 0 radical (unpaired) electrons. The van der Waals surface area contributed by atoms with E-state index in [1.807, 2.05) is 0 Å². The van der Waals surface area contributed by atoms with Gasteiger partial charge in [-0.1, -0.05) is 12.1 Å². The van der Waals surface area contributed by atoms with Gasteiger partial charge < -0.3 is 4.74 Å². The van der Waals surface area contributed by atoms with Gasteiger partial charge in [0.1, 0.15) is 5.75 Å². The fourth-order valence-electron chi connectivity index (χ4n) is 1.34. The molecule has 1 heterocycles. The van der Waals surface area contributed by atoms with Gasteiger partial charge in [0.2, 0.25) is 0 Å². The fourth-order valence-corrected chi connectivity index (χ4v) is 2.32. The van der Waals surface area contributed by atoms with E-state index >= 15 is 0 Å². The molecule has 0 aliphatic heterocycles. The van der Waals surface area contributed by atoms with E-state index in [-0.39, 0.29) is 16.5 Å². The third-order valence-corrected chi connectivity index (χ3v) is 3.41. The van der Waals surface area contributed by atoms with Crippen LogP contribution in [0.5, 0.6) is 5.75 Å². The van der Waals surface area contributed by atoms with E-state index in [0.717, 1.165) is 0 Å². The van der Waals surface area contributed by atoms with Crippen molar-refractivity contribution in [3.63, 3.8) is 0 Å². The van der Waals surface area contributed by atoms with Gasteiger partial charge in [0.15, 0.2) is 5.03 Å². The molecular formula is C10H9F2N3O3S. The highest BCUT2D eigenvalue weighted by Gasteiger charge is 2.18. The van der Waals surface area contributed by atoms with Crippen LogP contribution in [0.25, 0.3) is 0 Å². The van der Waals surface area contributed by atoms with Crippen molar-refractivity contribution < 1.29 is 21.9 Å². The molecule has 0 unspecified atom stereocenters. The monoisotopic (exact) mass is 289 g/mol. The lowest BCUT2D eigenvalue weighted by atomic mass is 10.3. The number of anilines is 1. The van der Waals surface area contributed by atoms with E-state index in [4.69, 9.17) is 0 Å². The minimum absolute atomic E-state index is 0.0857. The van der Waals surface area contributed by atoms with E-state index < -0.39 is 16.6 Å². The summed E-state index contributed by atoms with van der Waals surface area (Å²) in [7, 11) is -3.92. The Morgan fingerprint density at radius 1 is 1.26 bits per heavy atom. The Hall–Kier alpha value is -2.16. The van der Waals surface area contributed by atoms with Crippen molar-refractivity contribution in [3.05, 3.63) is 36.5 Å². The van der Waals surface area contributed by atoms with Crippen LogP contribution in [0.2, 0.25) is 0 Å². The summed E-state index contributed by atoms with van der Waals surface area (Å²) < 4.78 is 54.5. The van der Waals surface area contributed by atoms with Crippen molar-refractivity contribution in [2.45, 2.75) is 11.6 Å². The number of para-hydroxylation sites is 2. The third kappa shape index (κ3) is 3.19. The zero-order valence-electron chi connectivity index (χ0n) is 9.38. The summed E-state index contributed by atoms with van der Waals surface area (Å²) in [5.74, 6) is -0.263. The Morgan fingerprint density at radius 2 is 2.00 bits per heavy atom. The summed E-state index contributed by atoms with van der Waals surface area (Å²) in [6.45, 7) is -3.04. The zero-order valence-corrected chi connectivity index (χ0v) is 10.2. The molecule has 0 bridgehead atoms. The first kappa shape index (κ1) is 13.3. The first-order chi connectivity index (χ1) is 8.99. The number of nitrogens with one attached hydrogen (secondary N) is 2. The average molecular weight is 289 g/mol. The normalized spacial score (nSPS) is 11.5. The molecule has 2 aromatic rings. The minimum atomic E-state index is -3.92. The summed E-state index contributed by atoms with van der Waals surface area (Å²) in [5.41, 5.74) is -0.0857. The molecule has 0 atom stereocenters. The van der Waals surface area contributed by atoms with E-state index in [9.17, 15) is 17.2 Å². The molecule has 0 amide bonds. The Kier molecular flexibility index (Phi) is 3.65. The van der Waals surface area contributed by atoms with Gasteiger partial charge in [-0.15, -0.1) is 0 Å². The molecule has 1 aromatic carbocycles. The highest BCUT2D eigenvalue weighted by atomic mass is 32.2. The van der Waals surface area contributed by atoms with Crippen molar-refractivity contribution in [3.8, 4) is 5.75 Å². The lowest BCUT2D eigenvalue weighted by Crippen LogP contribution is -2.15. The molecular weight excluding hydrogens is 280 g/mol. The molecule has 0 fully saturated rings. The third-order valence-electron chi connectivity index (χ3n) is 2.11. The van der Waals surface area contributed by atoms with Gasteiger partial charge in [0.05, 0.1) is 11.9 Å². The molecule has 0 aliphatic carbocycles. The number of benzene rings is 1. The number of hydrogen-bond donors (Lipinski definition) is 2. The van der Waals surface area contributed by atoms with Crippen LogP contribution < -0.4 is 9.46 Å². The number of ether oxygens (including phenoxy) is 1. The zero-order chi connectivity index (χ0) is 13.9. The van der Waals surface area contributed by atoms with Gasteiger partial charge in [0.25, 0.3) is 10.0 Å². The molecule has 6 nitrogen and oxygen atoms in total. The maximum atomic E-state index is 12.2. The number of aromatic nitrogens is 2. The highest BCUT2D eigenvalue weighted by Crippen LogP contribution is 2.27. The average Bonchev–Trinajstić information content (AvgIpc) is 2.85. The van der Waals surface area contributed by atoms with Crippen LogP contribution in [0.3, 0.4) is 0 Å². The van der Waals surface area contributed by atoms with Gasteiger partial charge in [-0.2, -0.15) is 22.3 Å². The second-order valence-electron chi connectivity index (χ2n) is 3.40. The molecule has 2 N–H and O–H groups in total. The summed E-state index contributed by atoms with van der Waals surface area (Å²) in [5, 5.41) is 5.59. The number of rotatable bonds is 5. The molecule has 0 saturated heterocycles. The molecule has 0 spiro atoms. The number of hydrogen-bond acceptors (Lipinski definition) is 4. The number of nitrogens with zero attached hydrogens (tertiary/aromatic N) is 1. The Morgan fingerprint density at radius 3 is 2.63 bits per heavy atom. The van der Waals surface area contributed by atoms with Gasteiger partial charge in [-0.05, 0) is 18.2 Å². The lowest BCUT2D eigenvalue weighted by molar-refractivity contribution is -0.0493. The van der Waals surface area contributed by atoms with Crippen LogP contribution in [0.1, 0.15) is 0 Å². The highest BCUT2D eigenvalue weighted by molar-refractivity contribution is 7.92. The Balaban J connectivity index is 2.29. The van der Waals surface area contributed by atoms with Crippen molar-refractivity contribution in [1.82, 2.24) is 10.2 Å². The fraction of sp³-hybridized carbons (Fsp3) is 0.100. The van der Waals surface area contributed by atoms with E-state index in [1.54, 1.807) is 0 Å². The second-order valence-corrected chi connectivity index (χ2v) is 5.05. The van der Waals surface area contributed by atoms with Crippen LogP contribution in [-0.2, 0) is 10.0 Å². The summed E-state index contributed by atoms with van der Waals surface area (Å²) in [6, 6.07) is 6.72. The SMILES string of the molecule is O=S(=O)(Nc1ccccc1OC(F)F)c1ccn[nH]1. The van der Waals surface area contributed by atoms with Crippen LogP contribution >= 0.6 is 0 Å². The van der Waals surface area contributed by atoms with Crippen molar-refractivity contribution in [2.75, 3.05) is 4.72 Å². The molecule has 1 aromatic heterocycles. The number of halogens is 2. The predicted molar refractivity (Wildman–Crippen MR) is 62.5 cm³/mol. The van der Waals surface area contributed by atoms with E-state index in [1.165, 1.54) is 36.5 Å². The summed E-state index contributed by atoms with van der Waals surface area (Å²) in [6.07, 6.45) is 1.26. The molecule has 9 heteroatoms. The maximum Gasteiger partial charge on any atom is 0.387 e. The number of aromatic amines is 1. The molecule has 102 valence electrons. The van der Waals surface area contributed by atoms with Crippen molar-refractivity contribution in [2.24, 2.45) is 0 Å². The quantitative estimate of drug-likeness (QED) is 0.879. The topological polar surface area (TPSA) is 84.1 Å². The largest absolute Gasteiger partial charge is 0.433 e. The molecule has 0 aliphatic rings. The van der Waals surface area contributed by atoms with E-state index in [0.29, 0.717) is 0 Å². The Bertz CT molecular complexity index is 644. The van der Waals surface area contributed by atoms with Gasteiger partial charge >= 0.3 is 6.61 Å². The van der Waals surface area contributed by atoms with E-state index in [2.05, 4.69) is 19.7 Å². The molecule has 0 saturated carbocycles. The summed E-state index contributed by atoms with van der Waals surface area (Å²) in [4.78, 5) is 0. The van der Waals surface area contributed by atoms with Crippen LogP contribution in [-0.4, -0.2) is 25.2 Å². The maximum absolute atomic E-state index is 12.2. The predicted octanol–water partition coefficient (Wildman–Crippen LogP) is 1.81. The lowest BCUT2D eigenvalue weighted by Gasteiger charge is -2.11. The van der Waals surface area contributed by atoms with Gasteiger partial charge in [-0.3, -0.25) is 9.82 Å². The second kappa shape index (κ2) is 5.22. The van der Waals surface area contributed by atoms with Crippen LogP contribution in [0.15, 0.2) is 41.6 Å². The first-order valence-electron chi connectivity index (χ1n) is 5.05. The van der Waals surface area contributed by atoms with Gasteiger partial charge in [-0.25, -0.2) is 0 Å². The standard InChI is InChI=1S/C10H9F2N3O3S/c11-10(12)18-8-4-2-1-3-7(8)15-19(16,17)9-5-6-13-14-9/h1-6,10,15H,(H,13,14). The first-order valence-corrected chi connectivity index (χ1v) is 6.53. The van der Waals surface area contributed by atoms with Crippen LogP contribution in [0.4, 0.5) is 14.5 Å². The molecule has 19 heavy (non-hydrogen) atoms. The van der Waals surface area contributed by atoms with Crippen molar-refractivity contribution in [1.29, 1.82) is 0 Å². The van der Waals surface area contributed by atoms with Gasteiger partial charge in [0, 0.05) is 0 Å². The molecule has 2 rings (SSSR count).